The molecule has 0 spiro atoms. The summed E-state index contributed by atoms with van der Waals surface area (Å²) in [5, 5.41) is 0. The summed E-state index contributed by atoms with van der Waals surface area (Å²) in [6, 6.07) is 15.1. The first kappa shape index (κ1) is 13.1. The van der Waals surface area contributed by atoms with Crippen LogP contribution in [0.1, 0.15) is 17.5 Å². The topological polar surface area (TPSA) is 0 Å². The van der Waals surface area contributed by atoms with Gasteiger partial charge in [-0.2, -0.15) is 0 Å². The summed E-state index contributed by atoms with van der Waals surface area (Å²) in [7, 11) is -1.99. The Labute approximate surface area is 108 Å². The van der Waals surface area contributed by atoms with Gasteiger partial charge < -0.3 is 0 Å². The summed E-state index contributed by atoms with van der Waals surface area (Å²) in [6.45, 7) is 10.3. The van der Waals surface area contributed by atoms with E-state index in [2.05, 4.69) is 50.5 Å². The average Bonchev–Trinajstić information content (AvgIpc) is 2.22. The molecule has 1 aromatic carbocycles. The minimum atomic E-state index is -0.997. The smallest absolute Gasteiger partial charge is 0.0517 e. The van der Waals surface area contributed by atoms with Gasteiger partial charge in [0.2, 0.25) is 0 Å². The molecule has 2 rings (SSSR count). The maximum atomic E-state index is 2.57. The van der Waals surface area contributed by atoms with E-state index in [-0.39, 0.29) is 0 Å². The zero-order chi connectivity index (χ0) is 12.5. The summed E-state index contributed by atoms with van der Waals surface area (Å²) < 4.78 is 0. The molecule has 0 radical (unpaired) electrons. The Bertz CT molecular complexity index is 357. The molecular weight excluding hydrogens is 236 g/mol. The van der Waals surface area contributed by atoms with E-state index in [1.165, 1.54) is 30.6 Å². The van der Waals surface area contributed by atoms with E-state index in [0.29, 0.717) is 0 Å². The average molecular weight is 263 g/mol. The van der Waals surface area contributed by atoms with Gasteiger partial charge in [-0.05, 0) is 23.2 Å². The molecule has 0 saturated heterocycles. The molecular formula is C15H26Si2. The molecule has 0 fully saturated rings. The van der Waals surface area contributed by atoms with Crippen molar-refractivity contribution in [3.63, 3.8) is 0 Å². The SMILES string of the molecule is C[Si]1(C)CCC[Si](C)(C)Cc2ccccc2C1. The summed E-state index contributed by atoms with van der Waals surface area (Å²) in [4.78, 5) is 0. The molecule has 0 aliphatic carbocycles. The van der Waals surface area contributed by atoms with E-state index in [0.717, 1.165) is 0 Å². The minimum Gasteiger partial charge on any atom is -0.0691 e. The lowest BCUT2D eigenvalue weighted by Gasteiger charge is -2.23. The lowest BCUT2D eigenvalue weighted by molar-refractivity contribution is 0.998. The van der Waals surface area contributed by atoms with E-state index in [4.69, 9.17) is 0 Å². The van der Waals surface area contributed by atoms with Crippen molar-refractivity contribution in [3.05, 3.63) is 35.4 Å². The zero-order valence-corrected chi connectivity index (χ0v) is 13.8. The third-order valence-corrected chi connectivity index (χ3v) is 10.3. The first-order chi connectivity index (χ1) is 7.88. The van der Waals surface area contributed by atoms with Crippen molar-refractivity contribution in [2.24, 2.45) is 0 Å². The maximum Gasteiger partial charge on any atom is 0.0517 e. The van der Waals surface area contributed by atoms with E-state index in [9.17, 15) is 0 Å². The molecule has 0 aromatic heterocycles. The highest BCUT2D eigenvalue weighted by molar-refractivity contribution is 6.78. The van der Waals surface area contributed by atoms with Gasteiger partial charge in [0.15, 0.2) is 0 Å². The van der Waals surface area contributed by atoms with E-state index >= 15 is 0 Å². The van der Waals surface area contributed by atoms with Crippen molar-refractivity contribution in [1.82, 2.24) is 0 Å². The Morgan fingerprint density at radius 1 is 0.765 bits per heavy atom. The van der Waals surface area contributed by atoms with Crippen molar-refractivity contribution in [3.8, 4) is 0 Å². The Morgan fingerprint density at radius 3 is 1.59 bits per heavy atom. The summed E-state index contributed by atoms with van der Waals surface area (Å²) >= 11 is 0. The quantitative estimate of drug-likeness (QED) is 0.596. The molecule has 1 aromatic rings. The van der Waals surface area contributed by atoms with Crippen LogP contribution in [-0.4, -0.2) is 16.1 Å². The van der Waals surface area contributed by atoms with Gasteiger partial charge in [-0.1, -0.05) is 69.0 Å². The molecule has 17 heavy (non-hydrogen) atoms. The summed E-state index contributed by atoms with van der Waals surface area (Å²) in [5.74, 6) is 0. The monoisotopic (exact) mass is 262 g/mol. The molecule has 0 unspecified atom stereocenters. The standard InChI is InChI=1S/C15H26Si2/c1-16(2)10-7-11-17(3,4)13-15-9-6-5-8-14(15)12-16/h5-6,8-9H,7,10-13H2,1-4H3. The first-order valence-corrected chi connectivity index (χ1v) is 13.8. The second kappa shape index (κ2) is 4.73. The highest BCUT2D eigenvalue weighted by atomic mass is 28.3. The number of hydrogen-bond donors (Lipinski definition) is 0. The minimum absolute atomic E-state index is 0.997. The van der Waals surface area contributed by atoms with Crippen molar-refractivity contribution in [2.45, 2.75) is 56.8 Å². The van der Waals surface area contributed by atoms with Gasteiger partial charge in [-0.15, -0.1) is 0 Å². The van der Waals surface area contributed by atoms with Crippen LogP contribution < -0.4 is 0 Å². The van der Waals surface area contributed by atoms with Gasteiger partial charge in [-0.3, -0.25) is 0 Å². The van der Waals surface area contributed by atoms with Crippen LogP contribution >= 0.6 is 0 Å². The third kappa shape index (κ3) is 3.55. The first-order valence-electron chi connectivity index (χ1n) is 6.95. The van der Waals surface area contributed by atoms with E-state index in [1.807, 2.05) is 0 Å². The molecule has 0 atom stereocenters. The van der Waals surface area contributed by atoms with E-state index in [1.54, 1.807) is 11.1 Å². The second-order valence-corrected chi connectivity index (χ2v) is 17.7. The second-order valence-electron chi connectivity index (χ2n) is 7.30. The van der Waals surface area contributed by atoms with Gasteiger partial charge >= 0.3 is 0 Å². The predicted octanol–water partition coefficient (Wildman–Crippen LogP) is 4.67. The fourth-order valence-electron chi connectivity index (χ4n) is 3.16. The maximum absolute atomic E-state index is 2.57. The van der Waals surface area contributed by atoms with Crippen LogP contribution in [0, 0.1) is 0 Å². The predicted molar refractivity (Wildman–Crippen MR) is 83.0 cm³/mol. The third-order valence-electron chi connectivity index (χ3n) is 4.16. The number of rotatable bonds is 0. The largest absolute Gasteiger partial charge is 0.0691 e. The molecule has 1 aliphatic heterocycles. The number of hydrogen-bond acceptors (Lipinski definition) is 0. The Hall–Kier alpha value is -0.346. The van der Waals surface area contributed by atoms with Crippen LogP contribution in [0.3, 0.4) is 0 Å². The highest BCUT2D eigenvalue weighted by Crippen LogP contribution is 2.29. The molecule has 0 saturated carbocycles. The van der Waals surface area contributed by atoms with Crippen LogP contribution in [-0.2, 0) is 12.1 Å². The van der Waals surface area contributed by atoms with Crippen molar-refractivity contribution in [2.75, 3.05) is 0 Å². The molecule has 94 valence electrons. The lowest BCUT2D eigenvalue weighted by atomic mass is 10.1. The van der Waals surface area contributed by atoms with Crippen LogP contribution in [0.2, 0.25) is 38.3 Å². The van der Waals surface area contributed by atoms with Crippen LogP contribution in [0.25, 0.3) is 0 Å². The molecule has 0 amide bonds. The molecule has 0 bridgehead atoms. The van der Waals surface area contributed by atoms with Gasteiger partial charge in [-0.25, -0.2) is 0 Å². The molecule has 0 nitrogen and oxygen atoms in total. The Kier molecular flexibility index (Phi) is 3.64. The van der Waals surface area contributed by atoms with Gasteiger partial charge in [0.25, 0.3) is 0 Å². The molecule has 1 heterocycles. The lowest BCUT2D eigenvalue weighted by Crippen LogP contribution is -2.29. The van der Waals surface area contributed by atoms with Crippen molar-refractivity contribution in [1.29, 1.82) is 0 Å². The number of fused-ring (bicyclic) bond motifs is 1. The highest BCUT2D eigenvalue weighted by Gasteiger charge is 2.29. The fraction of sp³-hybridized carbons (Fsp3) is 0.600. The van der Waals surface area contributed by atoms with Gasteiger partial charge in [0.05, 0.1) is 16.1 Å². The fourth-order valence-corrected chi connectivity index (χ4v) is 8.88. The van der Waals surface area contributed by atoms with Crippen molar-refractivity contribution >= 4 is 16.1 Å². The summed E-state index contributed by atoms with van der Waals surface area (Å²) in [6.07, 6.45) is 1.49. The van der Waals surface area contributed by atoms with Crippen LogP contribution in [0.15, 0.2) is 24.3 Å². The molecule has 0 N–H and O–H groups in total. The van der Waals surface area contributed by atoms with E-state index < -0.39 is 16.1 Å². The van der Waals surface area contributed by atoms with Crippen molar-refractivity contribution < 1.29 is 0 Å². The number of benzene rings is 1. The Balaban J connectivity index is 2.36. The molecule has 2 heteroatoms. The van der Waals surface area contributed by atoms with Crippen LogP contribution in [0.4, 0.5) is 0 Å². The Morgan fingerprint density at radius 2 is 1.18 bits per heavy atom. The van der Waals surface area contributed by atoms with Gasteiger partial charge in [0, 0.05) is 0 Å². The van der Waals surface area contributed by atoms with Crippen LogP contribution in [0.5, 0.6) is 0 Å². The molecule has 1 aliphatic rings. The zero-order valence-electron chi connectivity index (χ0n) is 11.8. The normalized spacial score (nSPS) is 23.1. The van der Waals surface area contributed by atoms with Gasteiger partial charge in [0.1, 0.15) is 0 Å². The summed E-state index contributed by atoms with van der Waals surface area (Å²) in [5.41, 5.74) is 3.35.